The Bertz CT molecular complexity index is 206. The van der Waals surface area contributed by atoms with Gasteiger partial charge in [0.25, 0.3) is 0 Å². The van der Waals surface area contributed by atoms with Crippen molar-refractivity contribution in [1.82, 2.24) is 0 Å². The summed E-state index contributed by atoms with van der Waals surface area (Å²) in [6, 6.07) is 0. The van der Waals surface area contributed by atoms with E-state index in [0.717, 1.165) is 0 Å². The van der Waals surface area contributed by atoms with E-state index in [4.69, 9.17) is 9.53 Å². The van der Waals surface area contributed by atoms with Gasteiger partial charge in [-0.25, -0.2) is 0 Å². The molecule has 3 nitrogen and oxygen atoms in total. The number of carbonyl (C=O) groups is 1. The van der Waals surface area contributed by atoms with Crippen molar-refractivity contribution in [2.24, 2.45) is 16.7 Å². The van der Waals surface area contributed by atoms with E-state index in [1.54, 1.807) is 13.8 Å². The van der Waals surface area contributed by atoms with Crippen molar-refractivity contribution in [2.75, 3.05) is 6.61 Å². The molecular formula is C10H22O3Si. The van der Waals surface area contributed by atoms with Crippen LogP contribution in [0.3, 0.4) is 0 Å². The number of hydrogen-bond donors (Lipinski definition) is 1. The highest BCUT2D eigenvalue weighted by molar-refractivity contribution is 5.97. The quantitative estimate of drug-likeness (QED) is 0.718. The molecule has 1 N–H and O–H groups in total. The molecule has 0 amide bonds. The Morgan fingerprint density at radius 1 is 1.36 bits per heavy atom. The van der Waals surface area contributed by atoms with Crippen molar-refractivity contribution in [3.05, 3.63) is 0 Å². The fourth-order valence-electron chi connectivity index (χ4n) is 1.86. The lowest BCUT2D eigenvalue weighted by atomic mass is 9.66. The molecule has 14 heavy (non-hydrogen) atoms. The summed E-state index contributed by atoms with van der Waals surface area (Å²) in [5.41, 5.74) is -0.783. The molecule has 0 radical (unpaired) electrons. The number of hydrogen-bond acceptors (Lipinski definition) is 2. The maximum atomic E-state index is 11.1. The summed E-state index contributed by atoms with van der Waals surface area (Å²) in [4.78, 5) is 11.1. The second-order valence-corrected chi connectivity index (χ2v) is 5.98. The van der Waals surface area contributed by atoms with Crippen LogP contribution in [0.1, 0.15) is 34.6 Å². The molecule has 1 unspecified atom stereocenters. The molecule has 0 fully saturated rings. The number of carboxylic acid groups (broad SMARTS) is 1. The molecule has 0 heterocycles. The van der Waals surface area contributed by atoms with Crippen LogP contribution in [0.5, 0.6) is 0 Å². The van der Waals surface area contributed by atoms with Crippen molar-refractivity contribution in [3.63, 3.8) is 0 Å². The Morgan fingerprint density at radius 2 is 1.79 bits per heavy atom. The summed E-state index contributed by atoms with van der Waals surface area (Å²) in [6.07, 6.45) is 0. The first-order valence-corrected chi connectivity index (χ1v) is 5.68. The van der Waals surface area contributed by atoms with Gasteiger partial charge in [-0.05, 0) is 19.3 Å². The van der Waals surface area contributed by atoms with E-state index in [2.05, 4.69) is 20.8 Å². The smallest absolute Gasteiger partial charge is 0.309 e. The molecule has 0 aliphatic carbocycles. The average Bonchev–Trinajstić information content (AvgIpc) is 1.97. The van der Waals surface area contributed by atoms with Gasteiger partial charge in [0.2, 0.25) is 0 Å². The van der Waals surface area contributed by atoms with Crippen LogP contribution in [0.15, 0.2) is 0 Å². The molecule has 0 spiro atoms. The highest BCUT2D eigenvalue weighted by Crippen LogP contribution is 2.40. The van der Waals surface area contributed by atoms with Crippen LogP contribution < -0.4 is 0 Å². The Hall–Kier alpha value is -0.353. The maximum absolute atomic E-state index is 11.1. The summed E-state index contributed by atoms with van der Waals surface area (Å²) in [6.45, 7) is 10.3. The van der Waals surface area contributed by atoms with Crippen LogP contribution in [0.4, 0.5) is 0 Å². The molecule has 84 valence electrons. The van der Waals surface area contributed by atoms with E-state index in [-0.39, 0.29) is 11.3 Å². The van der Waals surface area contributed by atoms with Gasteiger partial charge < -0.3 is 9.53 Å². The highest BCUT2D eigenvalue weighted by atomic mass is 28.2. The average molecular weight is 218 g/mol. The van der Waals surface area contributed by atoms with Crippen molar-refractivity contribution in [3.8, 4) is 0 Å². The van der Waals surface area contributed by atoms with Crippen molar-refractivity contribution < 1.29 is 14.3 Å². The lowest BCUT2D eigenvalue weighted by Crippen LogP contribution is -2.42. The van der Waals surface area contributed by atoms with E-state index in [0.29, 0.717) is 17.1 Å². The summed E-state index contributed by atoms with van der Waals surface area (Å²) >= 11 is 0. The SMILES string of the molecule is CC(C)(C)C(CO[SiH3])C(C)(C)C(=O)O. The largest absolute Gasteiger partial charge is 0.481 e. The summed E-state index contributed by atoms with van der Waals surface area (Å²) in [5, 5.41) is 9.16. The molecule has 0 rings (SSSR count). The number of aliphatic carboxylic acids is 1. The molecule has 0 saturated heterocycles. The zero-order valence-electron chi connectivity index (χ0n) is 10.0. The van der Waals surface area contributed by atoms with Crippen LogP contribution in [0.2, 0.25) is 0 Å². The van der Waals surface area contributed by atoms with Gasteiger partial charge in [0.1, 0.15) is 10.5 Å². The second kappa shape index (κ2) is 4.44. The van der Waals surface area contributed by atoms with Gasteiger partial charge in [-0.15, -0.1) is 0 Å². The Labute approximate surface area is 89.4 Å². The molecule has 0 aliphatic heterocycles. The lowest BCUT2D eigenvalue weighted by Gasteiger charge is -2.39. The third kappa shape index (κ3) is 3.10. The Balaban J connectivity index is 4.91. The third-order valence-electron chi connectivity index (χ3n) is 2.80. The fourth-order valence-corrected chi connectivity index (χ4v) is 2.19. The molecule has 0 aromatic rings. The van der Waals surface area contributed by atoms with Crippen molar-refractivity contribution >= 4 is 16.5 Å². The van der Waals surface area contributed by atoms with E-state index in [9.17, 15) is 4.79 Å². The molecule has 0 saturated carbocycles. The van der Waals surface area contributed by atoms with Crippen LogP contribution >= 0.6 is 0 Å². The van der Waals surface area contributed by atoms with Crippen LogP contribution in [0, 0.1) is 16.7 Å². The molecule has 1 atom stereocenters. The molecule has 4 heteroatoms. The molecule has 0 bridgehead atoms. The van der Waals surface area contributed by atoms with Crippen molar-refractivity contribution in [1.29, 1.82) is 0 Å². The van der Waals surface area contributed by atoms with Gasteiger partial charge >= 0.3 is 5.97 Å². The fraction of sp³-hybridized carbons (Fsp3) is 0.900. The van der Waals surface area contributed by atoms with Crippen LogP contribution in [-0.2, 0) is 9.22 Å². The molecule has 0 aliphatic rings. The monoisotopic (exact) mass is 218 g/mol. The van der Waals surface area contributed by atoms with Gasteiger partial charge in [-0.3, -0.25) is 4.79 Å². The minimum Gasteiger partial charge on any atom is -0.481 e. The van der Waals surface area contributed by atoms with Crippen LogP contribution in [-0.4, -0.2) is 28.2 Å². The first-order chi connectivity index (χ1) is 6.14. The van der Waals surface area contributed by atoms with E-state index < -0.39 is 11.4 Å². The first kappa shape index (κ1) is 13.6. The van der Waals surface area contributed by atoms with Crippen molar-refractivity contribution in [2.45, 2.75) is 34.6 Å². The first-order valence-electron chi connectivity index (χ1n) is 4.86. The standard InChI is InChI=1S/C10H22O3Si/c1-9(2,3)7(6-13-14)10(4,5)8(11)12/h7H,6H2,1-5,14H3,(H,11,12). The summed E-state index contributed by atoms with van der Waals surface area (Å²) in [7, 11) is 0.657. The van der Waals surface area contributed by atoms with E-state index >= 15 is 0 Å². The number of rotatable bonds is 4. The zero-order chi connectivity index (χ0) is 11.6. The van der Waals surface area contributed by atoms with E-state index in [1.807, 2.05) is 0 Å². The van der Waals surface area contributed by atoms with Gasteiger partial charge in [-0.2, -0.15) is 0 Å². The minimum atomic E-state index is -0.754. The summed E-state index contributed by atoms with van der Waals surface area (Å²) < 4.78 is 5.24. The van der Waals surface area contributed by atoms with Gasteiger partial charge in [0.15, 0.2) is 0 Å². The maximum Gasteiger partial charge on any atom is 0.309 e. The lowest BCUT2D eigenvalue weighted by molar-refractivity contribution is -0.154. The predicted octanol–water partition coefficient (Wildman–Crippen LogP) is 1.06. The highest BCUT2D eigenvalue weighted by Gasteiger charge is 2.43. The van der Waals surface area contributed by atoms with Gasteiger partial charge in [0, 0.05) is 12.5 Å². The van der Waals surface area contributed by atoms with Crippen LogP contribution in [0.25, 0.3) is 0 Å². The molecular weight excluding hydrogens is 196 g/mol. The topological polar surface area (TPSA) is 46.5 Å². The molecule has 0 aromatic heterocycles. The Morgan fingerprint density at radius 3 is 2.00 bits per heavy atom. The normalized spacial score (nSPS) is 15.5. The molecule has 0 aromatic carbocycles. The van der Waals surface area contributed by atoms with Gasteiger partial charge in [-0.1, -0.05) is 20.8 Å². The second-order valence-electron chi connectivity index (χ2n) is 5.40. The third-order valence-corrected chi connectivity index (χ3v) is 3.13. The number of carboxylic acids is 1. The van der Waals surface area contributed by atoms with E-state index in [1.165, 1.54) is 0 Å². The minimum absolute atomic E-state index is 0.0324. The Kier molecular flexibility index (Phi) is 4.33. The predicted molar refractivity (Wildman–Crippen MR) is 60.3 cm³/mol. The summed E-state index contributed by atoms with van der Waals surface area (Å²) in [5.74, 6) is -0.721. The zero-order valence-corrected chi connectivity index (χ0v) is 12.0. The van der Waals surface area contributed by atoms with Gasteiger partial charge in [0.05, 0.1) is 5.41 Å².